The lowest BCUT2D eigenvalue weighted by molar-refractivity contribution is -0.153. The van der Waals surface area contributed by atoms with Gasteiger partial charge in [0.15, 0.2) is 0 Å². The molecule has 0 saturated carbocycles. The van der Waals surface area contributed by atoms with E-state index in [2.05, 4.69) is 0 Å². The Kier molecular flexibility index (Phi) is 4.50. The third kappa shape index (κ3) is 3.35. The van der Waals surface area contributed by atoms with Crippen molar-refractivity contribution in [3.8, 4) is 5.75 Å². The van der Waals surface area contributed by atoms with E-state index in [0.717, 1.165) is 12.0 Å². The van der Waals surface area contributed by atoms with Crippen molar-refractivity contribution < 1.29 is 19.4 Å². The Morgan fingerprint density at radius 2 is 2.10 bits per heavy atom. The van der Waals surface area contributed by atoms with Crippen LogP contribution in [0.1, 0.15) is 25.3 Å². The number of hydrogen-bond donors (Lipinski definition) is 1. The van der Waals surface area contributed by atoms with Crippen molar-refractivity contribution in [2.75, 3.05) is 20.2 Å². The van der Waals surface area contributed by atoms with Crippen molar-refractivity contribution in [1.29, 1.82) is 0 Å². The number of piperidine rings is 1. The molecule has 1 aromatic carbocycles. The number of carboxylic acid groups (broad SMARTS) is 1. The second-order valence-electron chi connectivity index (χ2n) is 5.77. The summed E-state index contributed by atoms with van der Waals surface area (Å²) in [5.41, 5.74) is -0.0121. The first-order valence-corrected chi connectivity index (χ1v) is 7.09. The van der Waals surface area contributed by atoms with Crippen molar-refractivity contribution in [3.63, 3.8) is 0 Å². The molecule has 1 amide bonds. The van der Waals surface area contributed by atoms with Gasteiger partial charge in [-0.25, -0.2) is 0 Å². The van der Waals surface area contributed by atoms with Crippen LogP contribution >= 0.6 is 0 Å². The minimum Gasteiger partial charge on any atom is -0.496 e. The molecule has 5 nitrogen and oxygen atoms in total. The van der Waals surface area contributed by atoms with Gasteiger partial charge in [-0.1, -0.05) is 18.2 Å². The van der Waals surface area contributed by atoms with Gasteiger partial charge in [-0.15, -0.1) is 0 Å². The van der Waals surface area contributed by atoms with Crippen molar-refractivity contribution in [2.24, 2.45) is 5.41 Å². The summed E-state index contributed by atoms with van der Waals surface area (Å²) < 4.78 is 5.25. The smallest absolute Gasteiger partial charge is 0.311 e. The SMILES string of the molecule is COc1ccccc1CC(=O)N1CCC[C@](C)(C(=O)O)C1. The summed E-state index contributed by atoms with van der Waals surface area (Å²) in [6.45, 7) is 2.60. The van der Waals surface area contributed by atoms with Gasteiger partial charge < -0.3 is 14.7 Å². The molecule has 114 valence electrons. The van der Waals surface area contributed by atoms with Crippen LogP contribution in [0.5, 0.6) is 5.75 Å². The molecule has 1 atom stereocenters. The molecule has 1 heterocycles. The molecule has 21 heavy (non-hydrogen) atoms. The molecule has 2 rings (SSSR count). The van der Waals surface area contributed by atoms with E-state index >= 15 is 0 Å². The topological polar surface area (TPSA) is 66.8 Å². The van der Waals surface area contributed by atoms with Crippen LogP contribution in [0.2, 0.25) is 0 Å². The Bertz CT molecular complexity index is 543. The van der Waals surface area contributed by atoms with Crippen molar-refractivity contribution >= 4 is 11.9 Å². The molecule has 0 radical (unpaired) electrons. The Morgan fingerprint density at radius 3 is 2.76 bits per heavy atom. The summed E-state index contributed by atoms with van der Waals surface area (Å²) in [4.78, 5) is 25.4. The second kappa shape index (κ2) is 6.16. The fraction of sp³-hybridized carbons (Fsp3) is 0.500. The van der Waals surface area contributed by atoms with Crippen LogP contribution in [-0.2, 0) is 16.0 Å². The summed E-state index contributed by atoms with van der Waals surface area (Å²) in [6.07, 6.45) is 1.57. The normalized spacial score (nSPS) is 21.9. The van der Waals surface area contributed by atoms with Gasteiger partial charge in [0.05, 0.1) is 18.9 Å². The number of amides is 1. The van der Waals surface area contributed by atoms with Gasteiger partial charge in [0.25, 0.3) is 0 Å². The maximum atomic E-state index is 12.4. The van der Waals surface area contributed by atoms with Crippen LogP contribution in [0, 0.1) is 5.41 Å². The average Bonchev–Trinajstić information content (AvgIpc) is 2.47. The first-order chi connectivity index (χ1) is 9.96. The molecule has 1 aliphatic heterocycles. The van der Waals surface area contributed by atoms with E-state index in [1.54, 1.807) is 18.9 Å². The fourth-order valence-electron chi connectivity index (χ4n) is 2.75. The zero-order chi connectivity index (χ0) is 15.5. The quantitative estimate of drug-likeness (QED) is 0.920. The second-order valence-corrected chi connectivity index (χ2v) is 5.77. The first kappa shape index (κ1) is 15.4. The standard InChI is InChI=1S/C16H21NO4/c1-16(15(19)20)8-5-9-17(11-16)14(18)10-12-6-3-4-7-13(12)21-2/h3-4,6-7H,5,8-11H2,1-2H3,(H,19,20)/t16-/m0/s1. The molecule has 1 saturated heterocycles. The third-order valence-electron chi connectivity index (χ3n) is 4.10. The molecule has 1 aliphatic rings. The average molecular weight is 291 g/mol. The van der Waals surface area contributed by atoms with Gasteiger partial charge >= 0.3 is 5.97 Å². The van der Waals surface area contributed by atoms with Crippen LogP contribution in [0.4, 0.5) is 0 Å². The molecule has 0 bridgehead atoms. The molecule has 5 heteroatoms. The van der Waals surface area contributed by atoms with E-state index in [4.69, 9.17) is 4.74 Å². The molecule has 0 spiro atoms. The highest BCUT2D eigenvalue weighted by atomic mass is 16.5. The third-order valence-corrected chi connectivity index (χ3v) is 4.10. The summed E-state index contributed by atoms with van der Waals surface area (Å²) in [5, 5.41) is 9.31. The lowest BCUT2D eigenvalue weighted by Crippen LogP contribution is -2.48. The number of hydrogen-bond acceptors (Lipinski definition) is 3. The summed E-state index contributed by atoms with van der Waals surface area (Å²) in [5.74, 6) is -0.201. The number of para-hydroxylation sites is 1. The largest absolute Gasteiger partial charge is 0.496 e. The summed E-state index contributed by atoms with van der Waals surface area (Å²) >= 11 is 0. The van der Waals surface area contributed by atoms with E-state index in [-0.39, 0.29) is 18.9 Å². The van der Waals surface area contributed by atoms with Crippen molar-refractivity contribution in [1.82, 2.24) is 4.90 Å². The number of rotatable bonds is 4. The first-order valence-electron chi connectivity index (χ1n) is 7.09. The lowest BCUT2D eigenvalue weighted by atomic mass is 9.82. The number of carbonyl (C=O) groups is 2. The number of carbonyl (C=O) groups excluding carboxylic acids is 1. The van der Waals surface area contributed by atoms with Gasteiger partial charge in [-0.05, 0) is 25.8 Å². The molecule has 1 aromatic rings. The number of methoxy groups -OCH3 is 1. The summed E-state index contributed by atoms with van der Waals surface area (Å²) in [6, 6.07) is 7.40. The number of nitrogens with zero attached hydrogens (tertiary/aromatic N) is 1. The Morgan fingerprint density at radius 1 is 1.38 bits per heavy atom. The molecule has 0 aliphatic carbocycles. The van der Waals surface area contributed by atoms with Crippen LogP contribution in [0.3, 0.4) is 0 Å². The highest BCUT2D eigenvalue weighted by Gasteiger charge is 2.39. The van der Waals surface area contributed by atoms with Crippen LogP contribution < -0.4 is 4.74 Å². The molecule has 0 unspecified atom stereocenters. The molecular weight excluding hydrogens is 270 g/mol. The minimum absolute atomic E-state index is 0.0494. The van der Waals surface area contributed by atoms with Crippen LogP contribution in [0.15, 0.2) is 24.3 Å². The molecule has 0 aromatic heterocycles. The zero-order valence-electron chi connectivity index (χ0n) is 12.5. The van der Waals surface area contributed by atoms with Gasteiger partial charge in [0.2, 0.25) is 5.91 Å². The zero-order valence-corrected chi connectivity index (χ0v) is 12.5. The minimum atomic E-state index is -0.839. The number of ether oxygens (including phenoxy) is 1. The number of aliphatic carboxylic acids is 1. The highest BCUT2D eigenvalue weighted by Crippen LogP contribution is 2.30. The van der Waals surface area contributed by atoms with Crippen LogP contribution in [0.25, 0.3) is 0 Å². The maximum absolute atomic E-state index is 12.4. The monoisotopic (exact) mass is 291 g/mol. The predicted molar refractivity (Wildman–Crippen MR) is 78.3 cm³/mol. The van der Waals surface area contributed by atoms with Crippen molar-refractivity contribution in [3.05, 3.63) is 29.8 Å². The molecular formula is C16H21NO4. The number of benzene rings is 1. The lowest BCUT2D eigenvalue weighted by Gasteiger charge is -2.37. The Balaban J connectivity index is 2.08. The van der Waals surface area contributed by atoms with E-state index in [1.807, 2.05) is 24.3 Å². The highest BCUT2D eigenvalue weighted by molar-refractivity contribution is 5.81. The molecule has 1 fully saturated rings. The van der Waals surface area contributed by atoms with E-state index < -0.39 is 11.4 Å². The Labute approximate surface area is 124 Å². The van der Waals surface area contributed by atoms with Crippen molar-refractivity contribution in [2.45, 2.75) is 26.2 Å². The number of likely N-dealkylation sites (tertiary alicyclic amines) is 1. The van der Waals surface area contributed by atoms with E-state index in [0.29, 0.717) is 18.7 Å². The molecule has 1 N–H and O–H groups in total. The maximum Gasteiger partial charge on any atom is 0.311 e. The van der Waals surface area contributed by atoms with E-state index in [9.17, 15) is 14.7 Å². The van der Waals surface area contributed by atoms with Crippen LogP contribution in [-0.4, -0.2) is 42.1 Å². The van der Waals surface area contributed by atoms with E-state index in [1.165, 1.54) is 0 Å². The van der Waals surface area contributed by atoms with Gasteiger partial charge in [-0.2, -0.15) is 0 Å². The predicted octanol–water partition coefficient (Wildman–Crippen LogP) is 1.95. The number of carboxylic acids is 1. The van der Waals surface area contributed by atoms with Gasteiger partial charge in [-0.3, -0.25) is 9.59 Å². The van der Waals surface area contributed by atoms with Gasteiger partial charge in [0.1, 0.15) is 5.75 Å². The fourth-order valence-corrected chi connectivity index (χ4v) is 2.75. The Hall–Kier alpha value is -2.04. The van der Waals surface area contributed by atoms with Gasteiger partial charge in [0, 0.05) is 18.7 Å². The summed E-state index contributed by atoms with van der Waals surface area (Å²) in [7, 11) is 1.58.